The third-order valence-corrected chi connectivity index (χ3v) is 3.86. The molecule has 6 nitrogen and oxygen atoms in total. The van der Waals surface area contributed by atoms with Crippen LogP contribution in [0.5, 0.6) is 5.75 Å². The molecule has 2 aromatic heterocycles. The molecule has 0 unspecified atom stereocenters. The minimum atomic E-state index is -0.571. The molecular formula is C18H18NO5-. The maximum atomic E-state index is 12.7. The Bertz CT molecular complexity index is 822. The Labute approximate surface area is 139 Å². The van der Waals surface area contributed by atoms with Crippen molar-refractivity contribution in [3.05, 3.63) is 70.6 Å². The molecule has 0 fully saturated rings. The Morgan fingerprint density at radius 3 is 1.88 bits per heavy atom. The first kappa shape index (κ1) is 16.2. The Morgan fingerprint density at radius 1 is 0.917 bits per heavy atom. The van der Waals surface area contributed by atoms with Gasteiger partial charge in [0, 0.05) is 0 Å². The van der Waals surface area contributed by atoms with Crippen LogP contribution in [0.3, 0.4) is 0 Å². The fraction of sp³-hybridized carbons (Fsp3) is 0.222. The van der Waals surface area contributed by atoms with E-state index in [2.05, 4.69) is 0 Å². The van der Waals surface area contributed by atoms with Crippen molar-refractivity contribution >= 4 is 5.69 Å². The van der Waals surface area contributed by atoms with Gasteiger partial charge in [-0.05, 0) is 62.2 Å². The maximum Gasteiger partial charge on any atom is 0.119 e. The highest BCUT2D eigenvalue weighted by molar-refractivity contribution is 5.62. The zero-order valence-electron chi connectivity index (χ0n) is 13.6. The molecular weight excluding hydrogens is 310 g/mol. The molecule has 0 aliphatic rings. The Kier molecular flexibility index (Phi) is 4.09. The van der Waals surface area contributed by atoms with Crippen molar-refractivity contribution in [2.75, 3.05) is 5.23 Å². The van der Waals surface area contributed by atoms with Crippen LogP contribution >= 0.6 is 0 Å². The van der Waals surface area contributed by atoms with Crippen molar-refractivity contribution in [1.82, 2.24) is 0 Å². The van der Waals surface area contributed by atoms with Crippen LogP contribution in [0.1, 0.15) is 40.1 Å². The minimum absolute atomic E-state index is 0.156. The molecule has 0 aliphatic heterocycles. The van der Waals surface area contributed by atoms with Crippen molar-refractivity contribution in [3.8, 4) is 5.75 Å². The van der Waals surface area contributed by atoms with Gasteiger partial charge in [0.15, 0.2) is 0 Å². The summed E-state index contributed by atoms with van der Waals surface area (Å²) in [6.07, 6.45) is 0. The third kappa shape index (κ3) is 2.89. The van der Waals surface area contributed by atoms with Gasteiger partial charge in [-0.25, -0.2) is 0 Å². The van der Waals surface area contributed by atoms with E-state index in [0.29, 0.717) is 34.2 Å². The number of furan rings is 2. The van der Waals surface area contributed by atoms with Crippen molar-refractivity contribution < 1.29 is 24.4 Å². The second kappa shape index (κ2) is 6.07. The third-order valence-electron chi connectivity index (χ3n) is 3.86. The Morgan fingerprint density at radius 2 is 1.46 bits per heavy atom. The number of hydrogen-bond donors (Lipinski definition) is 2. The molecule has 6 heteroatoms. The van der Waals surface area contributed by atoms with E-state index in [1.54, 1.807) is 25.1 Å². The lowest BCUT2D eigenvalue weighted by atomic mass is 9.91. The molecule has 0 aliphatic carbocycles. The first-order chi connectivity index (χ1) is 11.4. The van der Waals surface area contributed by atoms with Gasteiger partial charge in [0.05, 0.1) is 11.6 Å². The van der Waals surface area contributed by atoms with Crippen molar-refractivity contribution in [3.63, 3.8) is 0 Å². The lowest BCUT2D eigenvalue weighted by Crippen LogP contribution is -2.16. The molecule has 24 heavy (non-hydrogen) atoms. The molecule has 0 bridgehead atoms. The second-order valence-corrected chi connectivity index (χ2v) is 5.82. The SMILES string of the molecule is Cc1cc(C(c2ccc(C)o2)c2ccc(C)o2)c([O-])c(N(O)O)c1. The molecule has 0 amide bonds. The molecule has 3 aromatic rings. The van der Waals surface area contributed by atoms with Gasteiger partial charge in [0.25, 0.3) is 0 Å². The average Bonchev–Trinajstić information content (AvgIpc) is 3.12. The summed E-state index contributed by atoms with van der Waals surface area (Å²) in [5, 5.41) is 31.2. The number of hydrogen-bond acceptors (Lipinski definition) is 6. The van der Waals surface area contributed by atoms with Crippen LogP contribution in [0, 0.1) is 20.8 Å². The normalized spacial score (nSPS) is 11.2. The fourth-order valence-electron chi connectivity index (χ4n) is 2.81. The monoisotopic (exact) mass is 328 g/mol. The van der Waals surface area contributed by atoms with Gasteiger partial charge < -0.3 is 13.9 Å². The molecule has 0 spiro atoms. The van der Waals surface area contributed by atoms with Gasteiger partial charge in [0.2, 0.25) is 0 Å². The standard InChI is InChI=1S/C18H19NO5/c1-10-8-13(18(20)14(9-10)19(21)22)17(15-6-4-11(2)23-15)16-7-5-12(3)24-16/h4-9,17,20-22H,1-3H3/p-1. The second-order valence-electron chi connectivity index (χ2n) is 5.82. The van der Waals surface area contributed by atoms with Gasteiger partial charge in [-0.15, -0.1) is 5.23 Å². The summed E-state index contributed by atoms with van der Waals surface area (Å²) in [5.74, 6) is 1.46. The summed E-state index contributed by atoms with van der Waals surface area (Å²) in [6, 6.07) is 10.3. The van der Waals surface area contributed by atoms with Crippen LogP contribution in [0.4, 0.5) is 5.69 Å². The van der Waals surface area contributed by atoms with E-state index < -0.39 is 11.7 Å². The summed E-state index contributed by atoms with van der Waals surface area (Å²) in [7, 11) is 0. The Balaban J connectivity index is 2.23. The van der Waals surface area contributed by atoms with Crippen molar-refractivity contribution in [2.24, 2.45) is 0 Å². The largest absolute Gasteiger partial charge is 0.871 e. The zero-order chi connectivity index (χ0) is 17.4. The van der Waals surface area contributed by atoms with Crippen LogP contribution in [-0.4, -0.2) is 10.4 Å². The van der Waals surface area contributed by atoms with Crippen LogP contribution in [0.15, 0.2) is 45.2 Å². The van der Waals surface area contributed by atoms with Gasteiger partial charge in [-0.2, -0.15) is 0 Å². The van der Waals surface area contributed by atoms with Crippen molar-refractivity contribution in [1.29, 1.82) is 0 Å². The van der Waals surface area contributed by atoms with Gasteiger partial charge in [-0.3, -0.25) is 10.4 Å². The molecule has 2 N–H and O–H groups in total. The van der Waals surface area contributed by atoms with E-state index in [4.69, 9.17) is 8.83 Å². The van der Waals surface area contributed by atoms with Crippen LogP contribution < -0.4 is 10.3 Å². The number of nitrogens with zero attached hydrogens (tertiary/aromatic N) is 1. The summed E-state index contributed by atoms with van der Waals surface area (Å²) in [4.78, 5) is 0. The highest BCUT2D eigenvalue weighted by Gasteiger charge is 2.25. The lowest BCUT2D eigenvalue weighted by Gasteiger charge is -2.25. The molecule has 0 radical (unpaired) electrons. The summed E-state index contributed by atoms with van der Waals surface area (Å²) < 4.78 is 11.4. The number of anilines is 1. The van der Waals surface area contributed by atoms with Gasteiger partial charge in [0.1, 0.15) is 23.0 Å². The molecule has 0 saturated carbocycles. The topological polar surface area (TPSA) is 93.0 Å². The van der Waals surface area contributed by atoms with E-state index >= 15 is 0 Å². The highest BCUT2D eigenvalue weighted by atomic mass is 16.8. The quantitative estimate of drug-likeness (QED) is 0.710. The van der Waals surface area contributed by atoms with Gasteiger partial charge >= 0.3 is 0 Å². The fourth-order valence-corrected chi connectivity index (χ4v) is 2.81. The molecule has 1 aromatic carbocycles. The number of aryl methyl sites for hydroxylation is 3. The van der Waals surface area contributed by atoms with E-state index in [1.165, 1.54) is 6.07 Å². The maximum absolute atomic E-state index is 12.7. The first-order valence-corrected chi connectivity index (χ1v) is 7.49. The lowest BCUT2D eigenvalue weighted by molar-refractivity contribution is -0.269. The molecule has 0 atom stereocenters. The van der Waals surface area contributed by atoms with E-state index in [9.17, 15) is 15.5 Å². The number of rotatable bonds is 4. The zero-order valence-corrected chi connectivity index (χ0v) is 13.6. The van der Waals surface area contributed by atoms with Crippen LogP contribution in [-0.2, 0) is 0 Å². The van der Waals surface area contributed by atoms with Crippen LogP contribution in [0.2, 0.25) is 0 Å². The average molecular weight is 328 g/mol. The summed E-state index contributed by atoms with van der Waals surface area (Å²) in [5.41, 5.74) is 0.840. The predicted octanol–water partition coefficient (Wildman–Crippen LogP) is 3.64. The molecule has 2 heterocycles. The summed E-state index contributed by atoms with van der Waals surface area (Å²) >= 11 is 0. The highest BCUT2D eigenvalue weighted by Crippen LogP contribution is 2.41. The first-order valence-electron chi connectivity index (χ1n) is 7.49. The molecule has 126 valence electrons. The number of benzene rings is 1. The smallest absolute Gasteiger partial charge is 0.119 e. The summed E-state index contributed by atoms with van der Waals surface area (Å²) in [6.45, 7) is 5.40. The van der Waals surface area contributed by atoms with Crippen LogP contribution in [0.25, 0.3) is 0 Å². The molecule has 0 saturated heterocycles. The van der Waals surface area contributed by atoms with E-state index in [-0.39, 0.29) is 10.9 Å². The molecule has 3 rings (SSSR count). The van der Waals surface area contributed by atoms with E-state index in [0.717, 1.165) is 0 Å². The predicted molar refractivity (Wildman–Crippen MR) is 84.5 cm³/mol. The van der Waals surface area contributed by atoms with E-state index in [1.807, 2.05) is 26.0 Å². The Hall–Kier alpha value is -2.70. The minimum Gasteiger partial charge on any atom is -0.871 e. The van der Waals surface area contributed by atoms with Crippen molar-refractivity contribution in [2.45, 2.75) is 26.7 Å². The van der Waals surface area contributed by atoms with Gasteiger partial charge in [-0.1, -0.05) is 11.8 Å².